The van der Waals surface area contributed by atoms with Crippen LogP contribution < -0.4 is 20.1 Å². The summed E-state index contributed by atoms with van der Waals surface area (Å²) in [5.41, 5.74) is 2.77. The molecule has 2 fully saturated rings. The van der Waals surface area contributed by atoms with E-state index in [-0.39, 0.29) is 11.5 Å². The van der Waals surface area contributed by atoms with E-state index in [9.17, 15) is 9.59 Å². The monoisotopic (exact) mass is 550 g/mol. The Balaban J connectivity index is 1.13. The van der Waals surface area contributed by atoms with Crippen molar-refractivity contribution in [2.75, 3.05) is 69.3 Å². The van der Waals surface area contributed by atoms with Crippen molar-refractivity contribution >= 4 is 29.1 Å². The van der Waals surface area contributed by atoms with Crippen LogP contribution in [0.2, 0.25) is 5.02 Å². The van der Waals surface area contributed by atoms with E-state index in [1.165, 1.54) is 5.56 Å². The Labute approximate surface area is 233 Å². The summed E-state index contributed by atoms with van der Waals surface area (Å²) in [4.78, 5) is 41.5. The standard InChI is InChI=1S/C29H35ClN6O3/c1-39-26-9-8-23(30)19-25(26)34-13-11-33(12-14-34)21-24-20-27(37)32-29(31-24)36-17-15-35(16-18-36)28(38)10-7-22-5-3-2-4-6-22/h2-6,8-9,19-20H,7,10-18,21H2,1H3,(H,31,32,37). The lowest BCUT2D eigenvalue weighted by Crippen LogP contribution is -2.49. The van der Waals surface area contributed by atoms with E-state index in [0.29, 0.717) is 50.1 Å². The molecule has 2 aromatic carbocycles. The number of rotatable bonds is 8. The molecule has 0 spiro atoms. The number of carbonyl (C=O) groups excluding carboxylic acids is 1. The van der Waals surface area contributed by atoms with Gasteiger partial charge in [0.25, 0.3) is 5.56 Å². The second-order valence-corrected chi connectivity index (χ2v) is 10.4. The maximum atomic E-state index is 12.7. The molecule has 0 saturated carbocycles. The van der Waals surface area contributed by atoms with Gasteiger partial charge in [-0.25, -0.2) is 4.98 Å². The molecule has 9 nitrogen and oxygen atoms in total. The lowest BCUT2D eigenvalue weighted by molar-refractivity contribution is -0.131. The predicted octanol–water partition coefficient (Wildman–Crippen LogP) is 3.04. The van der Waals surface area contributed by atoms with E-state index >= 15 is 0 Å². The first-order chi connectivity index (χ1) is 19.0. The molecule has 1 aromatic heterocycles. The molecule has 0 bridgehead atoms. The van der Waals surface area contributed by atoms with Gasteiger partial charge >= 0.3 is 0 Å². The molecule has 0 radical (unpaired) electrons. The van der Waals surface area contributed by atoms with Gasteiger partial charge in [0.2, 0.25) is 11.9 Å². The Morgan fingerprint density at radius 1 is 0.949 bits per heavy atom. The molecule has 1 amide bonds. The van der Waals surface area contributed by atoms with Crippen LogP contribution in [0.25, 0.3) is 0 Å². The highest BCUT2D eigenvalue weighted by Crippen LogP contribution is 2.32. The number of anilines is 2. The van der Waals surface area contributed by atoms with Crippen molar-refractivity contribution in [2.24, 2.45) is 0 Å². The lowest BCUT2D eigenvalue weighted by atomic mass is 10.1. The highest BCUT2D eigenvalue weighted by Gasteiger charge is 2.24. The van der Waals surface area contributed by atoms with Crippen molar-refractivity contribution in [1.82, 2.24) is 19.8 Å². The van der Waals surface area contributed by atoms with Gasteiger partial charge in [0, 0.05) is 76.4 Å². The minimum Gasteiger partial charge on any atom is -0.495 e. The van der Waals surface area contributed by atoms with Gasteiger partial charge in [-0.05, 0) is 30.2 Å². The predicted molar refractivity (Wildman–Crippen MR) is 154 cm³/mol. The highest BCUT2D eigenvalue weighted by molar-refractivity contribution is 6.30. The number of ether oxygens (including phenoxy) is 1. The SMILES string of the molecule is COc1ccc(Cl)cc1N1CCN(Cc2cc(=O)[nH]c(N3CCN(C(=O)CCc4ccccc4)CC3)n2)CC1. The maximum Gasteiger partial charge on any atom is 0.252 e. The number of aryl methyl sites for hydroxylation is 1. The number of amides is 1. The third-order valence-electron chi connectivity index (χ3n) is 7.42. The van der Waals surface area contributed by atoms with Crippen LogP contribution in [0.15, 0.2) is 59.4 Å². The molecule has 2 saturated heterocycles. The van der Waals surface area contributed by atoms with Gasteiger partial charge in [0.1, 0.15) is 5.75 Å². The molecular formula is C29H35ClN6O3. The first-order valence-corrected chi connectivity index (χ1v) is 13.8. The van der Waals surface area contributed by atoms with Crippen LogP contribution in [-0.2, 0) is 17.8 Å². The van der Waals surface area contributed by atoms with Crippen molar-refractivity contribution in [2.45, 2.75) is 19.4 Å². The molecule has 0 aliphatic carbocycles. The quantitative estimate of drug-likeness (QED) is 0.461. The molecule has 0 atom stereocenters. The number of nitrogens with one attached hydrogen (secondary N) is 1. The molecule has 2 aliphatic rings. The topological polar surface area (TPSA) is 85.0 Å². The zero-order valence-corrected chi connectivity index (χ0v) is 23.1. The summed E-state index contributed by atoms with van der Waals surface area (Å²) in [5, 5.41) is 0.686. The van der Waals surface area contributed by atoms with E-state index in [1.807, 2.05) is 41.3 Å². The van der Waals surface area contributed by atoms with E-state index in [4.69, 9.17) is 21.3 Å². The number of aromatic amines is 1. The molecular weight excluding hydrogens is 516 g/mol. The van der Waals surface area contributed by atoms with Crippen molar-refractivity contribution < 1.29 is 9.53 Å². The lowest BCUT2D eigenvalue weighted by Gasteiger charge is -2.37. The van der Waals surface area contributed by atoms with Crippen LogP contribution in [0.5, 0.6) is 5.75 Å². The molecule has 3 heterocycles. The Hall–Kier alpha value is -3.56. The van der Waals surface area contributed by atoms with Gasteiger partial charge < -0.3 is 19.4 Å². The number of hydrogen-bond donors (Lipinski definition) is 1. The normalized spacial score (nSPS) is 16.4. The number of nitrogens with zero attached hydrogens (tertiary/aromatic N) is 5. The van der Waals surface area contributed by atoms with Crippen molar-refractivity contribution in [1.29, 1.82) is 0 Å². The smallest absolute Gasteiger partial charge is 0.252 e. The number of carbonyl (C=O) groups is 1. The number of methoxy groups -OCH3 is 1. The number of H-pyrrole nitrogens is 1. The highest BCUT2D eigenvalue weighted by atomic mass is 35.5. The Morgan fingerprint density at radius 3 is 2.38 bits per heavy atom. The fraction of sp³-hybridized carbons (Fsp3) is 0.414. The second-order valence-electron chi connectivity index (χ2n) is 9.99. The zero-order valence-electron chi connectivity index (χ0n) is 22.3. The van der Waals surface area contributed by atoms with Gasteiger partial charge in [-0.2, -0.15) is 0 Å². The molecule has 39 heavy (non-hydrogen) atoms. The molecule has 3 aromatic rings. The largest absolute Gasteiger partial charge is 0.495 e. The second kappa shape index (κ2) is 12.5. The average molecular weight is 551 g/mol. The maximum absolute atomic E-state index is 12.7. The number of benzene rings is 2. The summed E-state index contributed by atoms with van der Waals surface area (Å²) < 4.78 is 5.52. The van der Waals surface area contributed by atoms with Crippen LogP contribution in [0.1, 0.15) is 17.7 Å². The van der Waals surface area contributed by atoms with Gasteiger partial charge in [0.05, 0.1) is 18.5 Å². The zero-order chi connectivity index (χ0) is 27.2. The van der Waals surface area contributed by atoms with E-state index in [1.54, 1.807) is 13.2 Å². The van der Waals surface area contributed by atoms with Crippen LogP contribution in [0.4, 0.5) is 11.6 Å². The number of aromatic nitrogens is 2. The third kappa shape index (κ3) is 6.91. The van der Waals surface area contributed by atoms with E-state index in [2.05, 4.69) is 31.8 Å². The number of hydrogen-bond acceptors (Lipinski definition) is 7. The van der Waals surface area contributed by atoms with E-state index in [0.717, 1.165) is 49.7 Å². The number of halogens is 1. The summed E-state index contributed by atoms with van der Waals surface area (Å²) in [6.45, 7) is 6.46. The first kappa shape index (κ1) is 27.0. The fourth-order valence-corrected chi connectivity index (χ4v) is 5.40. The van der Waals surface area contributed by atoms with E-state index < -0.39 is 0 Å². The molecule has 206 valence electrons. The molecule has 1 N–H and O–H groups in total. The van der Waals surface area contributed by atoms with Crippen LogP contribution >= 0.6 is 11.6 Å². The van der Waals surface area contributed by atoms with Crippen molar-refractivity contribution in [3.05, 3.63) is 81.2 Å². The average Bonchev–Trinajstić information content (AvgIpc) is 2.96. The summed E-state index contributed by atoms with van der Waals surface area (Å²) in [6.07, 6.45) is 1.25. The summed E-state index contributed by atoms with van der Waals surface area (Å²) in [7, 11) is 1.67. The van der Waals surface area contributed by atoms with Gasteiger partial charge in [-0.15, -0.1) is 0 Å². The van der Waals surface area contributed by atoms with Crippen molar-refractivity contribution in [3.8, 4) is 5.75 Å². The fourth-order valence-electron chi connectivity index (χ4n) is 5.23. The van der Waals surface area contributed by atoms with Crippen LogP contribution in [0.3, 0.4) is 0 Å². The third-order valence-corrected chi connectivity index (χ3v) is 7.66. The summed E-state index contributed by atoms with van der Waals surface area (Å²) in [6, 6.07) is 17.3. The Bertz CT molecular complexity index is 1320. The summed E-state index contributed by atoms with van der Waals surface area (Å²) in [5.74, 6) is 1.56. The van der Waals surface area contributed by atoms with Gasteiger partial charge in [-0.1, -0.05) is 41.9 Å². The minimum atomic E-state index is -0.154. The molecule has 2 aliphatic heterocycles. The molecule has 0 unspecified atom stereocenters. The van der Waals surface area contributed by atoms with Gasteiger partial charge in [-0.3, -0.25) is 19.5 Å². The Kier molecular flexibility index (Phi) is 8.68. The number of piperazine rings is 2. The molecule has 5 rings (SSSR count). The molecule has 10 heteroatoms. The first-order valence-electron chi connectivity index (χ1n) is 13.5. The minimum absolute atomic E-state index is 0.154. The summed E-state index contributed by atoms with van der Waals surface area (Å²) >= 11 is 6.23. The van der Waals surface area contributed by atoms with Crippen LogP contribution in [0, 0.1) is 0 Å². The van der Waals surface area contributed by atoms with Gasteiger partial charge in [0.15, 0.2) is 0 Å². The van der Waals surface area contributed by atoms with Crippen molar-refractivity contribution in [3.63, 3.8) is 0 Å². The Morgan fingerprint density at radius 2 is 1.67 bits per heavy atom. The van der Waals surface area contributed by atoms with Crippen LogP contribution in [-0.4, -0.2) is 85.1 Å².